The van der Waals surface area contributed by atoms with Crippen LogP contribution in [-0.4, -0.2) is 25.1 Å². The van der Waals surface area contributed by atoms with Crippen LogP contribution >= 0.6 is 22.9 Å². The molecule has 3 aromatic rings. The predicted molar refractivity (Wildman–Crippen MR) is 125 cm³/mol. The number of hydrogen-bond donors (Lipinski definition) is 1. The van der Waals surface area contributed by atoms with Gasteiger partial charge >= 0.3 is 5.97 Å². The van der Waals surface area contributed by atoms with Crippen molar-refractivity contribution in [2.45, 2.75) is 27.7 Å². The lowest BCUT2D eigenvalue weighted by atomic mass is 10.0. The summed E-state index contributed by atoms with van der Waals surface area (Å²) in [5.41, 5.74) is 3.89. The number of ether oxygens (including phenoxy) is 2. The van der Waals surface area contributed by atoms with Gasteiger partial charge in [-0.3, -0.25) is 4.79 Å². The molecular formula is C24H24ClNO4S. The van der Waals surface area contributed by atoms with Crippen molar-refractivity contribution in [3.8, 4) is 16.9 Å². The molecule has 0 aliphatic carbocycles. The van der Waals surface area contributed by atoms with Crippen molar-refractivity contribution in [2.75, 3.05) is 18.5 Å². The zero-order valence-corrected chi connectivity index (χ0v) is 19.4. The topological polar surface area (TPSA) is 64.6 Å². The second-order valence-electron chi connectivity index (χ2n) is 7.07. The zero-order valence-electron chi connectivity index (χ0n) is 17.9. The van der Waals surface area contributed by atoms with E-state index in [1.54, 1.807) is 19.1 Å². The molecule has 0 saturated carbocycles. The normalized spacial score (nSPS) is 10.6. The first-order chi connectivity index (χ1) is 14.8. The van der Waals surface area contributed by atoms with E-state index in [9.17, 15) is 9.59 Å². The predicted octanol–water partition coefficient (Wildman–Crippen LogP) is 6.19. The third kappa shape index (κ3) is 5.46. The highest BCUT2D eigenvalue weighted by Gasteiger charge is 2.25. The molecule has 1 N–H and O–H groups in total. The maximum atomic E-state index is 12.8. The molecule has 0 fully saturated rings. The summed E-state index contributed by atoms with van der Waals surface area (Å²) in [6, 6.07) is 13.0. The van der Waals surface area contributed by atoms with Gasteiger partial charge in [-0.1, -0.05) is 35.9 Å². The van der Waals surface area contributed by atoms with Crippen LogP contribution in [-0.2, 0) is 9.53 Å². The quantitative estimate of drug-likeness (QED) is 0.430. The minimum Gasteiger partial charge on any atom is -0.483 e. The first-order valence-electron chi connectivity index (χ1n) is 9.86. The Hall–Kier alpha value is -2.83. The number of hydrogen-bond acceptors (Lipinski definition) is 5. The number of halogens is 1. The molecule has 0 bridgehead atoms. The van der Waals surface area contributed by atoms with Crippen molar-refractivity contribution >= 4 is 39.8 Å². The molecule has 0 atom stereocenters. The fourth-order valence-electron chi connectivity index (χ4n) is 3.16. The van der Waals surface area contributed by atoms with E-state index in [1.165, 1.54) is 11.3 Å². The van der Waals surface area contributed by atoms with Crippen molar-refractivity contribution in [2.24, 2.45) is 0 Å². The summed E-state index contributed by atoms with van der Waals surface area (Å²) in [5.74, 6) is -0.178. The monoisotopic (exact) mass is 457 g/mol. The Balaban J connectivity index is 1.87. The molecule has 0 saturated heterocycles. The average molecular weight is 458 g/mol. The number of carbonyl (C=O) groups is 2. The lowest BCUT2D eigenvalue weighted by Crippen LogP contribution is -2.21. The van der Waals surface area contributed by atoms with Gasteiger partial charge in [0.15, 0.2) is 6.61 Å². The number of benzene rings is 2. The van der Waals surface area contributed by atoms with E-state index in [-0.39, 0.29) is 19.1 Å². The Labute approximate surface area is 191 Å². The van der Waals surface area contributed by atoms with Crippen molar-refractivity contribution < 1.29 is 19.1 Å². The molecule has 5 nitrogen and oxygen atoms in total. The van der Waals surface area contributed by atoms with Crippen molar-refractivity contribution in [1.29, 1.82) is 0 Å². The highest BCUT2D eigenvalue weighted by atomic mass is 35.5. The molecule has 1 heterocycles. The van der Waals surface area contributed by atoms with Gasteiger partial charge in [0.1, 0.15) is 16.3 Å². The summed E-state index contributed by atoms with van der Waals surface area (Å²) in [7, 11) is 0. The van der Waals surface area contributed by atoms with Crippen LogP contribution in [0.3, 0.4) is 0 Å². The second kappa shape index (κ2) is 9.98. The summed E-state index contributed by atoms with van der Waals surface area (Å²) >= 11 is 7.34. The smallest absolute Gasteiger partial charge is 0.341 e. The number of amides is 1. The largest absolute Gasteiger partial charge is 0.483 e. The van der Waals surface area contributed by atoms with E-state index in [1.807, 2.05) is 51.1 Å². The van der Waals surface area contributed by atoms with E-state index < -0.39 is 5.97 Å². The number of esters is 1. The van der Waals surface area contributed by atoms with Gasteiger partial charge in [0.2, 0.25) is 0 Å². The number of carbonyl (C=O) groups excluding carboxylic acids is 2. The Morgan fingerprint density at radius 1 is 1.06 bits per heavy atom. The number of rotatable bonds is 7. The SMILES string of the molecule is CCOC(=O)c1c(NC(=O)COc2cc(C)ccc2C)sc(C)c1-c1ccc(Cl)cc1. The Bertz CT molecular complexity index is 1110. The molecule has 0 radical (unpaired) electrons. The zero-order chi connectivity index (χ0) is 22.5. The van der Waals surface area contributed by atoms with E-state index in [2.05, 4.69) is 5.32 Å². The molecular weight excluding hydrogens is 434 g/mol. The van der Waals surface area contributed by atoms with E-state index in [0.29, 0.717) is 21.3 Å². The molecule has 2 aromatic carbocycles. The second-order valence-corrected chi connectivity index (χ2v) is 8.73. The first kappa shape index (κ1) is 22.8. The lowest BCUT2D eigenvalue weighted by Gasteiger charge is -2.11. The minimum absolute atomic E-state index is 0.167. The third-order valence-corrected chi connectivity index (χ3v) is 5.92. The summed E-state index contributed by atoms with van der Waals surface area (Å²) in [5, 5.41) is 3.87. The molecule has 3 rings (SSSR count). The van der Waals surface area contributed by atoms with Crippen LogP contribution in [0.15, 0.2) is 42.5 Å². The van der Waals surface area contributed by atoms with Crippen LogP contribution < -0.4 is 10.1 Å². The van der Waals surface area contributed by atoms with Gasteiger partial charge in [0.25, 0.3) is 5.91 Å². The van der Waals surface area contributed by atoms with Gasteiger partial charge in [-0.25, -0.2) is 4.79 Å². The fraction of sp³-hybridized carbons (Fsp3) is 0.250. The van der Waals surface area contributed by atoms with Crippen LogP contribution in [0, 0.1) is 20.8 Å². The van der Waals surface area contributed by atoms with Gasteiger partial charge in [0, 0.05) is 15.5 Å². The van der Waals surface area contributed by atoms with Crippen LogP contribution in [0.4, 0.5) is 5.00 Å². The number of aryl methyl sites for hydroxylation is 3. The van der Waals surface area contributed by atoms with E-state index in [0.717, 1.165) is 27.1 Å². The minimum atomic E-state index is -0.484. The molecule has 1 aromatic heterocycles. The van der Waals surface area contributed by atoms with Crippen LogP contribution in [0.5, 0.6) is 5.75 Å². The average Bonchev–Trinajstić information content (AvgIpc) is 3.05. The lowest BCUT2D eigenvalue weighted by molar-refractivity contribution is -0.118. The maximum absolute atomic E-state index is 12.8. The highest BCUT2D eigenvalue weighted by molar-refractivity contribution is 7.17. The summed E-state index contributed by atoms with van der Waals surface area (Å²) in [4.78, 5) is 26.3. The van der Waals surface area contributed by atoms with Crippen LogP contribution in [0.1, 0.15) is 33.3 Å². The highest BCUT2D eigenvalue weighted by Crippen LogP contribution is 2.40. The first-order valence-corrected chi connectivity index (χ1v) is 11.1. The Morgan fingerprint density at radius 2 is 1.77 bits per heavy atom. The van der Waals surface area contributed by atoms with Gasteiger partial charge in [-0.05, 0) is 62.6 Å². The summed E-state index contributed by atoms with van der Waals surface area (Å²) < 4.78 is 11.0. The van der Waals surface area contributed by atoms with Crippen LogP contribution in [0.2, 0.25) is 5.02 Å². The number of anilines is 1. The molecule has 1 amide bonds. The van der Waals surface area contributed by atoms with Crippen molar-refractivity contribution in [3.63, 3.8) is 0 Å². The number of nitrogens with one attached hydrogen (secondary N) is 1. The maximum Gasteiger partial charge on any atom is 0.341 e. The summed E-state index contributed by atoms with van der Waals surface area (Å²) in [6.07, 6.45) is 0. The molecule has 0 unspecified atom stereocenters. The molecule has 31 heavy (non-hydrogen) atoms. The van der Waals surface area contributed by atoms with Gasteiger partial charge in [-0.15, -0.1) is 11.3 Å². The van der Waals surface area contributed by atoms with Gasteiger partial charge < -0.3 is 14.8 Å². The third-order valence-electron chi connectivity index (χ3n) is 4.65. The Morgan fingerprint density at radius 3 is 2.45 bits per heavy atom. The van der Waals surface area contributed by atoms with Crippen molar-refractivity contribution in [3.05, 3.63) is 69.1 Å². The van der Waals surface area contributed by atoms with E-state index >= 15 is 0 Å². The molecule has 162 valence electrons. The molecule has 0 spiro atoms. The summed E-state index contributed by atoms with van der Waals surface area (Å²) in [6.45, 7) is 7.60. The molecule has 0 aliphatic heterocycles. The number of thiophene rings is 1. The van der Waals surface area contributed by atoms with Gasteiger partial charge in [-0.2, -0.15) is 0 Å². The van der Waals surface area contributed by atoms with Crippen molar-refractivity contribution in [1.82, 2.24) is 0 Å². The standard InChI is InChI=1S/C24H24ClNO4S/c1-5-29-24(28)22-21(17-8-10-18(25)11-9-17)16(4)31-23(22)26-20(27)13-30-19-12-14(2)6-7-15(19)3/h6-12H,5,13H2,1-4H3,(H,26,27). The van der Waals surface area contributed by atoms with Gasteiger partial charge in [0.05, 0.1) is 6.61 Å². The van der Waals surface area contributed by atoms with E-state index in [4.69, 9.17) is 21.1 Å². The molecule has 7 heteroatoms. The molecule has 0 aliphatic rings. The van der Waals surface area contributed by atoms with Crippen LogP contribution in [0.25, 0.3) is 11.1 Å². The Kier molecular flexibility index (Phi) is 7.36. The fourth-order valence-corrected chi connectivity index (χ4v) is 4.37.